The Labute approximate surface area is 255 Å². The number of aromatic nitrogens is 1. The molecule has 9 N–H and O–H groups in total. The number of ether oxygens (including phenoxy) is 1. The molecule has 1 aliphatic heterocycles. The minimum Gasteiger partial charge on any atom is -0.489 e. The summed E-state index contributed by atoms with van der Waals surface area (Å²) >= 11 is 0.949. The number of aliphatic carboxylic acids is 1. The first-order valence-corrected chi connectivity index (χ1v) is 15.1. The second-order valence-corrected chi connectivity index (χ2v) is 11.7. The Bertz CT molecular complexity index is 1540. The highest BCUT2D eigenvalue weighted by Gasteiger charge is 2.58. The van der Waals surface area contributed by atoms with E-state index in [4.69, 9.17) is 31.3 Å². The summed E-state index contributed by atoms with van der Waals surface area (Å²) in [5.74, 6) is -2.94. The Morgan fingerprint density at radius 1 is 1.27 bits per heavy atom. The molecule has 3 rings (SSSR count). The molecule has 0 saturated carbocycles. The largest absolute Gasteiger partial charge is 0.489 e. The number of aliphatic imine (C=N–C) groups is 1. The van der Waals surface area contributed by atoms with Gasteiger partial charge in [-0.2, -0.15) is 13.5 Å². The Kier molecular flexibility index (Phi) is 10.8. The number of carboxylic acids is 1. The smallest absolute Gasteiger partial charge is 0.418 e. The molecule has 1 fully saturated rings. The minimum absolute atomic E-state index is 0.0498. The highest BCUT2D eigenvalue weighted by molar-refractivity contribution is 7.80. The zero-order chi connectivity index (χ0) is 32.8. The molecule has 20 heteroatoms. The van der Waals surface area contributed by atoms with Crippen LogP contribution < -0.4 is 27.3 Å². The predicted octanol–water partition coefficient (Wildman–Crippen LogP) is -0.739. The Morgan fingerprint density at radius 3 is 2.43 bits per heavy atom. The first kappa shape index (κ1) is 34.1. The van der Waals surface area contributed by atoms with Gasteiger partial charge in [0, 0.05) is 17.5 Å². The second kappa shape index (κ2) is 13.9. The number of oxime groups is 1. The number of carbonyl (C=O) groups is 3. The van der Waals surface area contributed by atoms with Crippen molar-refractivity contribution in [2.45, 2.75) is 50.9 Å². The van der Waals surface area contributed by atoms with E-state index in [1.54, 1.807) is 24.3 Å². The van der Waals surface area contributed by atoms with Gasteiger partial charge in [0.25, 0.3) is 17.9 Å². The van der Waals surface area contributed by atoms with Gasteiger partial charge in [0.05, 0.1) is 11.6 Å². The van der Waals surface area contributed by atoms with Crippen molar-refractivity contribution in [3.05, 3.63) is 40.9 Å². The molecule has 1 aromatic heterocycles. The molecule has 2 aromatic rings. The molecule has 1 saturated heterocycles. The number of amidine groups is 1. The topological polar surface area (TPSA) is 284 Å². The zero-order valence-corrected chi connectivity index (χ0v) is 25.4. The quantitative estimate of drug-likeness (QED) is 0.0453. The van der Waals surface area contributed by atoms with Crippen molar-refractivity contribution in [1.82, 2.24) is 15.4 Å². The standard InChI is InChI=1S/C24H32N8O10S2/c1-4-13(9-25)28-19(26)12-5-7-14(8-6-12)40-10-16(22(35)36)41-31-17(15-11-43-23(27)29-15)20(33)30-18-21(34)32(24(18,2)3)42-44(37,38)39/h5-8,11,13,16,18H,4,9-10,25H2,1-3H3,(H2,26,28)(H2,27,29)(H,30,33)(H,35,36)(H,37,38,39)/b31-17-/t13?,16-,18+/m0/s1. The van der Waals surface area contributed by atoms with Crippen LogP contribution >= 0.6 is 11.3 Å². The van der Waals surface area contributed by atoms with Crippen LogP contribution in [-0.4, -0.2) is 94.3 Å². The summed E-state index contributed by atoms with van der Waals surface area (Å²) in [6.45, 7) is 4.46. The lowest BCUT2D eigenvalue weighted by Crippen LogP contribution is -2.76. The molecule has 240 valence electrons. The van der Waals surface area contributed by atoms with Crippen molar-refractivity contribution in [2.75, 3.05) is 18.9 Å². The number of β-lactam (4-membered cyclic amide) rings is 1. The molecule has 0 aliphatic carbocycles. The number of amides is 2. The number of carbonyl (C=O) groups excluding carboxylic acids is 2. The Balaban J connectivity index is 1.73. The molecule has 1 aliphatic rings. The molecule has 1 unspecified atom stereocenters. The van der Waals surface area contributed by atoms with Crippen LogP contribution in [0.5, 0.6) is 5.75 Å². The lowest BCUT2D eigenvalue weighted by molar-refractivity contribution is -0.218. The number of hydrogen-bond acceptors (Lipinski definition) is 14. The van der Waals surface area contributed by atoms with Gasteiger partial charge in [0.1, 0.15) is 29.9 Å². The van der Waals surface area contributed by atoms with Crippen molar-refractivity contribution >= 4 is 56.2 Å². The first-order chi connectivity index (χ1) is 20.6. The van der Waals surface area contributed by atoms with Crippen LogP contribution in [0.2, 0.25) is 0 Å². The molecule has 0 radical (unpaired) electrons. The van der Waals surface area contributed by atoms with E-state index in [1.807, 2.05) is 6.92 Å². The van der Waals surface area contributed by atoms with Gasteiger partial charge in [-0.1, -0.05) is 12.1 Å². The third-order valence-corrected chi connectivity index (χ3v) is 7.28. The number of carboxylic acid groups (broad SMARTS) is 1. The summed E-state index contributed by atoms with van der Waals surface area (Å²) in [6, 6.07) is 4.90. The summed E-state index contributed by atoms with van der Waals surface area (Å²) in [5, 5.41) is 17.5. The maximum absolute atomic E-state index is 13.2. The third kappa shape index (κ3) is 8.38. The number of hydrogen-bond donors (Lipinski definition) is 6. The maximum Gasteiger partial charge on any atom is 0.418 e. The molecular formula is C24H32N8O10S2. The van der Waals surface area contributed by atoms with Crippen LogP contribution in [0.25, 0.3) is 0 Å². The van der Waals surface area contributed by atoms with Crippen molar-refractivity contribution in [3.63, 3.8) is 0 Å². The summed E-state index contributed by atoms with van der Waals surface area (Å²) in [5.41, 5.74) is 15.9. The second-order valence-electron chi connectivity index (χ2n) is 9.79. The number of nitrogens with zero attached hydrogens (tertiary/aromatic N) is 4. The molecule has 2 heterocycles. The van der Waals surface area contributed by atoms with Gasteiger partial charge in [-0.05, 0) is 44.5 Å². The maximum atomic E-state index is 13.2. The number of thiazole rings is 1. The van der Waals surface area contributed by atoms with E-state index in [-0.39, 0.29) is 28.5 Å². The predicted molar refractivity (Wildman–Crippen MR) is 157 cm³/mol. The normalized spacial score (nSPS) is 18.2. The fourth-order valence-corrected chi connectivity index (χ4v) is 4.76. The van der Waals surface area contributed by atoms with Crippen LogP contribution in [0.15, 0.2) is 39.8 Å². The van der Waals surface area contributed by atoms with E-state index in [0.29, 0.717) is 17.2 Å². The van der Waals surface area contributed by atoms with Gasteiger partial charge in [0.15, 0.2) is 10.8 Å². The minimum atomic E-state index is -5.02. The van der Waals surface area contributed by atoms with Crippen molar-refractivity contribution < 1.29 is 46.3 Å². The average Bonchev–Trinajstić information content (AvgIpc) is 3.39. The Morgan fingerprint density at radius 2 is 1.93 bits per heavy atom. The van der Waals surface area contributed by atoms with E-state index in [1.165, 1.54) is 19.2 Å². The SMILES string of the molecule is CCC(CN)N=C(N)c1ccc(OC[C@H](O/N=C(\C(=O)N[C@@H]2C(=O)N(OS(=O)(=O)O)C2(C)C)c2csc(N)n2)C(=O)O)cc1. The number of nitrogens with one attached hydrogen (secondary N) is 1. The van der Waals surface area contributed by atoms with Gasteiger partial charge in [0.2, 0.25) is 0 Å². The van der Waals surface area contributed by atoms with E-state index in [0.717, 1.165) is 17.8 Å². The van der Waals surface area contributed by atoms with Gasteiger partial charge < -0.3 is 37.2 Å². The number of hydroxylamine groups is 2. The lowest BCUT2D eigenvalue weighted by Gasteiger charge is -2.50. The van der Waals surface area contributed by atoms with Gasteiger partial charge in [-0.15, -0.1) is 15.6 Å². The first-order valence-electron chi connectivity index (χ1n) is 12.8. The van der Waals surface area contributed by atoms with Crippen molar-refractivity contribution in [2.24, 2.45) is 21.6 Å². The van der Waals surface area contributed by atoms with E-state index in [9.17, 15) is 27.9 Å². The van der Waals surface area contributed by atoms with E-state index in [2.05, 4.69) is 24.7 Å². The third-order valence-electron chi connectivity index (χ3n) is 6.26. The van der Waals surface area contributed by atoms with E-state index < -0.39 is 58.2 Å². The molecule has 44 heavy (non-hydrogen) atoms. The van der Waals surface area contributed by atoms with Crippen LogP contribution in [0.3, 0.4) is 0 Å². The van der Waals surface area contributed by atoms with Gasteiger partial charge in [-0.25, -0.2) is 9.78 Å². The fraction of sp³-hybridized carbons (Fsp3) is 0.417. The average molecular weight is 657 g/mol. The Hall–Kier alpha value is -4.37. The molecule has 3 atom stereocenters. The monoisotopic (exact) mass is 656 g/mol. The number of nitrogens with two attached hydrogens (primary N) is 3. The zero-order valence-electron chi connectivity index (χ0n) is 23.7. The molecule has 0 bridgehead atoms. The molecular weight excluding hydrogens is 624 g/mol. The number of anilines is 1. The summed E-state index contributed by atoms with van der Waals surface area (Å²) in [6.07, 6.45) is -0.978. The summed E-state index contributed by atoms with van der Waals surface area (Å²) in [7, 11) is -5.02. The van der Waals surface area contributed by atoms with Crippen molar-refractivity contribution in [3.8, 4) is 5.75 Å². The van der Waals surface area contributed by atoms with Crippen LogP contribution in [0, 0.1) is 0 Å². The summed E-state index contributed by atoms with van der Waals surface area (Å²) in [4.78, 5) is 50.9. The fourth-order valence-electron chi connectivity index (χ4n) is 3.76. The van der Waals surface area contributed by atoms with Gasteiger partial charge >= 0.3 is 16.4 Å². The molecule has 2 amide bonds. The molecule has 0 spiro atoms. The molecule has 18 nitrogen and oxygen atoms in total. The number of rotatable bonds is 15. The highest BCUT2D eigenvalue weighted by atomic mass is 32.3. The van der Waals surface area contributed by atoms with Crippen LogP contribution in [-0.2, 0) is 33.9 Å². The van der Waals surface area contributed by atoms with Gasteiger partial charge in [-0.3, -0.25) is 19.1 Å². The van der Waals surface area contributed by atoms with Crippen LogP contribution in [0.4, 0.5) is 5.13 Å². The van der Waals surface area contributed by atoms with Crippen molar-refractivity contribution in [1.29, 1.82) is 0 Å². The van der Waals surface area contributed by atoms with Crippen LogP contribution in [0.1, 0.15) is 38.4 Å². The number of benzene rings is 1. The lowest BCUT2D eigenvalue weighted by atomic mass is 9.84. The van der Waals surface area contributed by atoms with E-state index >= 15 is 0 Å². The summed E-state index contributed by atoms with van der Waals surface area (Å²) < 4.78 is 40.8. The number of nitrogen functional groups attached to an aromatic ring is 1. The highest BCUT2D eigenvalue weighted by Crippen LogP contribution is 2.33. The molecule has 1 aromatic carbocycles.